The van der Waals surface area contributed by atoms with Crippen molar-refractivity contribution in [1.82, 2.24) is 0 Å². The van der Waals surface area contributed by atoms with Gasteiger partial charge in [-0.3, -0.25) is 0 Å². The van der Waals surface area contributed by atoms with E-state index in [2.05, 4.69) is 6.07 Å². The molecular weight excluding hydrogens is 262 g/mol. The molecule has 0 aliphatic rings. The van der Waals surface area contributed by atoms with Crippen molar-refractivity contribution in [1.29, 1.82) is 0 Å². The molecule has 0 fully saturated rings. The van der Waals surface area contributed by atoms with Crippen molar-refractivity contribution >= 4 is 11.0 Å². The Hall–Kier alpha value is -2.26. The van der Waals surface area contributed by atoms with E-state index < -0.39 is 0 Å². The molecule has 1 atom stereocenters. The van der Waals surface area contributed by atoms with Crippen molar-refractivity contribution in [3.05, 3.63) is 65.4 Å². The Balaban J connectivity index is 1.82. The highest BCUT2D eigenvalue weighted by Crippen LogP contribution is 2.27. The number of nitrogens with two attached hydrogens (primary N) is 1. The molecular formula is C18H19NO2. The van der Waals surface area contributed by atoms with Gasteiger partial charge < -0.3 is 14.9 Å². The molecule has 0 aliphatic carbocycles. The number of hydrogen-bond donors (Lipinski definition) is 1. The first kappa shape index (κ1) is 13.7. The van der Waals surface area contributed by atoms with Crippen LogP contribution in [0.3, 0.4) is 0 Å². The van der Waals surface area contributed by atoms with Gasteiger partial charge in [0.15, 0.2) is 0 Å². The number of fused-ring (bicyclic) bond motifs is 1. The second-order valence-electron chi connectivity index (χ2n) is 5.30. The molecule has 2 N–H and O–H groups in total. The molecule has 3 nitrogen and oxygen atoms in total. The van der Waals surface area contributed by atoms with Crippen molar-refractivity contribution in [3.8, 4) is 5.75 Å². The van der Waals surface area contributed by atoms with Crippen LogP contribution in [-0.4, -0.2) is 7.11 Å². The van der Waals surface area contributed by atoms with Crippen molar-refractivity contribution in [2.24, 2.45) is 5.73 Å². The van der Waals surface area contributed by atoms with Gasteiger partial charge in [-0.2, -0.15) is 0 Å². The molecule has 0 aliphatic heterocycles. The lowest BCUT2D eigenvalue weighted by Gasteiger charge is -2.09. The fourth-order valence-corrected chi connectivity index (χ4v) is 2.53. The van der Waals surface area contributed by atoms with E-state index in [0.29, 0.717) is 0 Å². The largest absolute Gasteiger partial charge is 0.497 e. The Morgan fingerprint density at radius 3 is 2.57 bits per heavy atom. The SMILES string of the molecule is COc1ccc(CC(N)c2cc3cccc(C)c3o2)cc1. The first-order chi connectivity index (χ1) is 10.2. The van der Waals surface area contributed by atoms with Gasteiger partial charge in [0, 0.05) is 5.39 Å². The molecule has 108 valence electrons. The van der Waals surface area contributed by atoms with Crippen LogP contribution in [0.2, 0.25) is 0 Å². The highest BCUT2D eigenvalue weighted by atomic mass is 16.5. The van der Waals surface area contributed by atoms with Crippen molar-refractivity contribution in [2.75, 3.05) is 7.11 Å². The number of ether oxygens (including phenoxy) is 1. The van der Waals surface area contributed by atoms with Crippen LogP contribution in [-0.2, 0) is 6.42 Å². The lowest BCUT2D eigenvalue weighted by atomic mass is 10.0. The van der Waals surface area contributed by atoms with Crippen LogP contribution in [0, 0.1) is 6.92 Å². The van der Waals surface area contributed by atoms with E-state index in [4.69, 9.17) is 14.9 Å². The Kier molecular flexibility index (Phi) is 3.67. The Morgan fingerprint density at radius 1 is 1.14 bits per heavy atom. The van der Waals surface area contributed by atoms with Crippen LogP contribution >= 0.6 is 0 Å². The number of aryl methyl sites for hydroxylation is 1. The number of furan rings is 1. The van der Waals surface area contributed by atoms with Crippen LogP contribution in [0.1, 0.15) is 22.9 Å². The summed E-state index contributed by atoms with van der Waals surface area (Å²) in [5.74, 6) is 1.68. The van der Waals surface area contributed by atoms with Gasteiger partial charge in [-0.25, -0.2) is 0 Å². The predicted octanol–water partition coefficient (Wildman–Crippen LogP) is 3.99. The summed E-state index contributed by atoms with van der Waals surface area (Å²) in [6.07, 6.45) is 0.739. The van der Waals surface area contributed by atoms with E-state index in [0.717, 1.165) is 34.5 Å². The minimum absolute atomic E-state index is 0.148. The molecule has 3 heteroatoms. The molecule has 0 spiro atoms. The van der Waals surface area contributed by atoms with Gasteiger partial charge in [-0.1, -0.05) is 30.3 Å². The summed E-state index contributed by atoms with van der Waals surface area (Å²) >= 11 is 0. The summed E-state index contributed by atoms with van der Waals surface area (Å²) in [6.45, 7) is 2.05. The van der Waals surface area contributed by atoms with Crippen molar-refractivity contribution < 1.29 is 9.15 Å². The van der Waals surface area contributed by atoms with E-state index in [1.165, 1.54) is 5.56 Å². The summed E-state index contributed by atoms with van der Waals surface area (Å²) < 4.78 is 11.1. The fraction of sp³-hybridized carbons (Fsp3) is 0.222. The molecule has 0 amide bonds. The molecule has 3 aromatic rings. The third-order valence-corrected chi connectivity index (χ3v) is 3.74. The summed E-state index contributed by atoms with van der Waals surface area (Å²) in [4.78, 5) is 0. The molecule has 21 heavy (non-hydrogen) atoms. The molecule has 0 bridgehead atoms. The van der Waals surface area contributed by atoms with E-state index in [1.54, 1.807) is 7.11 Å². The summed E-state index contributed by atoms with van der Waals surface area (Å²) in [7, 11) is 1.66. The van der Waals surface area contributed by atoms with Crippen LogP contribution in [0.15, 0.2) is 52.9 Å². The van der Waals surface area contributed by atoms with Gasteiger partial charge in [-0.15, -0.1) is 0 Å². The second-order valence-corrected chi connectivity index (χ2v) is 5.30. The molecule has 1 unspecified atom stereocenters. The lowest BCUT2D eigenvalue weighted by Crippen LogP contribution is -2.12. The predicted molar refractivity (Wildman–Crippen MR) is 84.6 cm³/mol. The van der Waals surface area contributed by atoms with Crippen LogP contribution in [0.5, 0.6) is 5.75 Å². The molecule has 0 radical (unpaired) electrons. The Morgan fingerprint density at radius 2 is 1.90 bits per heavy atom. The number of para-hydroxylation sites is 1. The lowest BCUT2D eigenvalue weighted by molar-refractivity contribution is 0.414. The van der Waals surface area contributed by atoms with Gasteiger partial charge in [0.05, 0.1) is 13.2 Å². The summed E-state index contributed by atoms with van der Waals surface area (Å²) in [5.41, 5.74) is 9.52. The monoisotopic (exact) mass is 281 g/mol. The van der Waals surface area contributed by atoms with Gasteiger partial charge >= 0.3 is 0 Å². The Bertz CT molecular complexity index is 744. The van der Waals surface area contributed by atoms with Crippen LogP contribution in [0.4, 0.5) is 0 Å². The molecule has 2 aromatic carbocycles. The van der Waals surface area contributed by atoms with Crippen LogP contribution in [0.25, 0.3) is 11.0 Å². The normalized spacial score (nSPS) is 12.5. The van der Waals surface area contributed by atoms with Gasteiger partial charge in [-0.05, 0) is 42.7 Å². The average Bonchev–Trinajstić information content (AvgIpc) is 2.94. The number of benzene rings is 2. The number of rotatable bonds is 4. The summed E-state index contributed by atoms with van der Waals surface area (Å²) in [6, 6.07) is 16.0. The first-order valence-electron chi connectivity index (χ1n) is 7.05. The maximum Gasteiger partial charge on any atom is 0.137 e. The fourth-order valence-electron chi connectivity index (χ4n) is 2.53. The highest BCUT2D eigenvalue weighted by Gasteiger charge is 2.13. The molecule has 1 heterocycles. The quantitative estimate of drug-likeness (QED) is 0.786. The minimum Gasteiger partial charge on any atom is -0.497 e. The van der Waals surface area contributed by atoms with E-state index in [9.17, 15) is 0 Å². The molecule has 1 aromatic heterocycles. The molecule has 0 saturated heterocycles. The summed E-state index contributed by atoms with van der Waals surface area (Å²) in [5, 5.41) is 1.11. The van der Waals surface area contributed by atoms with Crippen molar-refractivity contribution in [3.63, 3.8) is 0 Å². The van der Waals surface area contributed by atoms with Gasteiger partial charge in [0.1, 0.15) is 17.1 Å². The average molecular weight is 281 g/mol. The molecule has 3 rings (SSSR count). The third kappa shape index (κ3) is 2.78. The smallest absolute Gasteiger partial charge is 0.137 e. The third-order valence-electron chi connectivity index (χ3n) is 3.74. The maximum atomic E-state index is 6.29. The molecule has 0 saturated carbocycles. The second kappa shape index (κ2) is 5.62. The zero-order valence-electron chi connectivity index (χ0n) is 12.3. The first-order valence-corrected chi connectivity index (χ1v) is 7.05. The van der Waals surface area contributed by atoms with E-state index >= 15 is 0 Å². The zero-order chi connectivity index (χ0) is 14.8. The Labute approximate surface area is 124 Å². The highest BCUT2D eigenvalue weighted by molar-refractivity contribution is 5.81. The van der Waals surface area contributed by atoms with Gasteiger partial charge in [0.2, 0.25) is 0 Å². The zero-order valence-corrected chi connectivity index (χ0v) is 12.3. The standard InChI is InChI=1S/C18H19NO2/c1-12-4-3-5-14-11-17(21-18(12)14)16(19)10-13-6-8-15(20-2)9-7-13/h3-9,11,16H,10,19H2,1-2H3. The van der Waals surface area contributed by atoms with Gasteiger partial charge in [0.25, 0.3) is 0 Å². The number of hydrogen-bond acceptors (Lipinski definition) is 3. The van der Waals surface area contributed by atoms with E-state index in [-0.39, 0.29) is 6.04 Å². The van der Waals surface area contributed by atoms with Crippen LogP contribution < -0.4 is 10.5 Å². The topological polar surface area (TPSA) is 48.4 Å². The number of methoxy groups -OCH3 is 1. The minimum atomic E-state index is -0.148. The van der Waals surface area contributed by atoms with E-state index in [1.807, 2.05) is 49.4 Å². The van der Waals surface area contributed by atoms with Crippen molar-refractivity contribution in [2.45, 2.75) is 19.4 Å². The maximum absolute atomic E-state index is 6.29.